The van der Waals surface area contributed by atoms with Crippen molar-refractivity contribution in [2.75, 3.05) is 24.6 Å². The summed E-state index contributed by atoms with van der Waals surface area (Å²) in [5.74, 6) is 0. The maximum atomic E-state index is 3.12. The Labute approximate surface area is 541 Å². The van der Waals surface area contributed by atoms with Gasteiger partial charge in [-0.1, -0.05) is 329 Å². The van der Waals surface area contributed by atoms with Gasteiger partial charge in [-0.05, 0) is 104 Å². The van der Waals surface area contributed by atoms with Crippen molar-refractivity contribution in [1.82, 2.24) is 0 Å². The van der Waals surface area contributed by atoms with Gasteiger partial charge in [0.25, 0.3) is 0 Å². The van der Waals surface area contributed by atoms with Crippen molar-refractivity contribution in [1.29, 1.82) is 0 Å². The smallest absolute Gasteiger partial charge is 0.0499 e. The van der Waals surface area contributed by atoms with Crippen LogP contribution in [0.1, 0.15) is 74.3 Å². The van der Waals surface area contributed by atoms with Crippen LogP contribution in [-0.2, 0) is 8.57 Å². The van der Waals surface area contributed by atoms with Crippen molar-refractivity contribution >= 4 is 139 Å². The number of hydrogen-bond donors (Lipinski definition) is 0. The van der Waals surface area contributed by atoms with Gasteiger partial charge in [-0.25, -0.2) is 0 Å². The van der Waals surface area contributed by atoms with E-state index in [4.69, 9.17) is 0 Å². The van der Waals surface area contributed by atoms with Gasteiger partial charge in [-0.15, -0.1) is 0 Å². The molecule has 0 radical (unpaired) electrons. The van der Waals surface area contributed by atoms with Crippen LogP contribution in [-0.4, -0.2) is 138 Å². The Morgan fingerprint density at radius 1 is 0.265 bits per heavy atom. The van der Waals surface area contributed by atoms with Gasteiger partial charge in [-0.3, -0.25) is 0 Å². The molecule has 0 aliphatic carbocycles. The van der Waals surface area contributed by atoms with Crippen LogP contribution in [0.2, 0.25) is 275 Å². The Bertz CT molecular complexity index is 2080. The quantitative estimate of drug-likeness (QED) is 0.0588. The molecule has 2 aromatic carbocycles. The highest BCUT2D eigenvalue weighted by Gasteiger charge is 2.63. The van der Waals surface area contributed by atoms with E-state index < -0.39 is 113 Å². The van der Waals surface area contributed by atoms with E-state index in [9.17, 15) is 0 Å². The van der Waals surface area contributed by atoms with E-state index >= 15 is 0 Å². The molecule has 83 heavy (non-hydrogen) atoms. The lowest BCUT2D eigenvalue weighted by Gasteiger charge is -2.60. The van der Waals surface area contributed by atoms with Crippen molar-refractivity contribution in [3.63, 3.8) is 0 Å². The molecule has 2 aromatic rings. The van der Waals surface area contributed by atoms with E-state index in [0.717, 1.165) is 20.7 Å². The zero-order valence-electron chi connectivity index (χ0n) is 65.0. The number of rotatable bonds is 28. The van der Waals surface area contributed by atoms with Crippen LogP contribution in [0, 0.1) is 0 Å². The first kappa shape index (κ1) is 81.4. The second-order valence-electron chi connectivity index (χ2n) is 42.2. The van der Waals surface area contributed by atoms with E-state index in [1.165, 1.54) is 31.1 Å². The lowest BCUT2D eigenvalue weighted by molar-refractivity contribution is 0.994. The molecule has 0 nitrogen and oxygen atoms in total. The molecule has 0 aliphatic heterocycles. The van der Waals surface area contributed by atoms with Crippen LogP contribution in [0.25, 0.3) is 0 Å². The average Bonchev–Trinajstić information content (AvgIpc) is 3.11. The summed E-state index contributed by atoms with van der Waals surface area (Å²) in [6, 6.07) is 12.5. The topological polar surface area (TPSA) is 0 Å². The van der Waals surface area contributed by atoms with E-state index in [-0.39, 0.29) is 15.8 Å². The van der Waals surface area contributed by atoms with Crippen LogP contribution in [0.4, 0.5) is 0 Å². The minimum absolute atomic E-state index is 0.352. The molecule has 16 heteroatoms. The molecule has 0 saturated heterocycles. The van der Waals surface area contributed by atoms with Gasteiger partial charge in [0.15, 0.2) is 0 Å². The molecular formula is C67H150P2Si14. The molecule has 0 heterocycles. The number of benzene rings is 2. The minimum Gasteiger partial charge on any atom is -0.0750 e. The summed E-state index contributed by atoms with van der Waals surface area (Å²) in [5.41, 5.74) is 11.5. The van der Waals surface area contributed by atoms with Crippen molar-refractivity contribution in [3.8, 4) is 0 Å². The van der Waals surface area contributed by atoms with E-state index in [1.807, 2.05) is 44.0 Å². The molecule has 0 saturated carbocycles. The van der Waals surface area contributed by atoms with Crippen LogP contribution in [0.15, 0.2) is 24.3 Å². The van der Waals surface area contributed by atoms with E-state index in [2.05, 4.69) is 313 Å². The predicted octanol–water partition coefficient (Wildman–Crippen LogP) is 24.1. The van der Waals surface area contributed by atoms with Crippen molar-refractivity contribution < 1.29 is 0 Å². The Morgan fingerprint density at radius 3 is 0.518 bits per heavy atom. The van der Waals surface area contributed by atoms with Crippen LogP contribution < -0.4 is 10.6 Å². The molecule has 0 aliphatic rings. The summed E-state index contributed by atoms with van der Waals surface area (Å²) in [7, 11) is -25.3. The maximum absolute atomic E-state index is 3.12. The van der Waals surface area contributed by atoms with Gasteiger partial charge in [0, 0.05) is 113 Å². The standard InChI is InChI=1S/C67H150P2Si14/c1-45-68(60-56(62(70(3,4)5)71(6,7)8)50-54(51-57(60)63(72(9,10)11)73(12,13)14)66(78(27,28)29,79(30,31)32)80(33,34)35)48-47-49-69(46-2)61-58(64(74(15,16)17)75(18,19)20)52-55(53-59(61)65(76(21,22)23)77(24,25)26)67(81(36,37)38,82(39,40)41)83(42,43)44/h50-53,62-65H,45-49H2,1-44H3. The normalized spacial score (nSPS) is 16.3. The first-order valence-corrected chi connectivity index (χ1v) is 86.9. The predicted molar refractivity (Wildman–Crippen MR) is 443 cm³/mol. The first-order chi connectivity index (χ1) is 36.0. The Balaban J connectivity index is 3.68. The summed E-state index contributed by atoms with van der Waals surface area (Å²) in [6.07, 6.45) is 6.85. The van der Waals surface area contributed by atoms with Crippen LogP contribution in [0.5, 0.6) is 0 Å². The molecule has 0 N–H and O–H groups in total. The van der Waals surface area contributed by atoms with Crippen molar-refractivity contribution in [3.05, 3.63) is 57.6 Å². The third kappa shape index (κ3) is 17.2. The van der Waals surface area contributed by atoms with E-state index in [1.54, 1.807) is 0 Å². The van der Waals surface area contributed by atoms with Crippen molar-refractivity contribution in [2.24, 2.45) is 0 Å². The second-order valence-corrected chi connectivity index (χ2v) is 127. The third-order valence-electron chi connectivity index (χ3n) is 20.4. The van der Waals surface area contributed by atoms with Gasteiger partial charge < -0.3 is 0 Å². The van der Waals surface area contributed by atoms with Gasteiger partial charge in [-0.2, -0.15) is 0 Å². The van der Waals surface area contributed by atoms with E-state index in [0.29, 0.717) is 8.57 Å². The summed E-state index contributed by atoms with van der Waals surface area (Å²) in [6.45, 7) is 123. The summed E-state index contributed by atoms with van der Waals surface area (Å²) < 4.78 is 0.704. The minimum atomic E-state index is -1.80. The molecule has 0 amide bonds. The highest BCUT2D eigenvalue weighted by molar-refractivity contribution is 7.67. The average molecular weight is 1410 g/mol. The lowest BCUT2D eigenvalue weighted by Crippen LogP contribution is -2.74. The zero-order valence-corrected chi connectivity index (χ0v) is 80.8. The molecule has 2 unspecified atom stereocenters. The summed E-state index contributed by atoms with van der Waals surface area (Å²) in [4.78, 5) is 0. The Morgan fingerprint density at radius 2 is 0.410 bits per heavy atom. The highest BCUT2D eigenvalue weighted by Crippen LogP contribution is 2.57. The van der Waals surface area contributed by atoms with Gasteiger partial charge >= 0.3 is 0 Å². The highest BCUT2D eigenvalue weighted by atomic mass is 31.1. The molecular weight excluding hydrogens is 1260 g/mol. The zero-order chi connectivity index (χ0) is 66.4. The molecule has 2 rings (SSSR count). The van der Waals surface area contributed by atoms with Crippen LogP contribution >= 0.6 is 15.8 Å². The lowest BCUT2D eigenvalue weighted by atomic mass is 10.1. The molecule has 484 valence electrons. The molecule has 0 aromatic heterocycles. The van der Waals surface area contributed by atoms with Crippen LogP contribution in [0.3, 0.4) is 0 Å². The monoisotopic (exact) mass is 1410 g/mol. The first-order valence-electron chi connectivity index (χ1n) is 33.9. The fourth-order valence-corrected chi connectivity index (χ4v) is 140. The molecule has 0 bridgehead atoms. The Kier molecular flexibility index (Phi) is 25.8. The summed E-state index contributed by atoms with van der Waals surface area (Å²) >= 11 is 0. The second kappa shape index (κ2) is 26.3. The summed E-state index contributed by atoms with van der Waals surface area (Å²) in [5, 5.41) is 6.93. The van der Waals surface area contributed by atoms with Gasteiger partial charge in [0.2, 0.25) is 0 Å². The Hall–Kier alpha value is 2.34. The molecule has 2 atom stereocenters. The molecule has 0 fully saturated rings. The largest absolute Gasteiger partial charge is 0.0750 e. The SMILES string of the molecule is CCP(CCCP(CC)c1c(C([Si](C)(C)C)[Si](C)(C)C)cc(C([Si](C)(C)C)([Si](C)(C)C)[Si](C)(C)C)cc1C([Si](C)(C)C)[Si](C)(C)C)c1c(C([Si](C)(C)C)[Si](C)(C)C)cc(C([Si](C)(C)C)([Si](C)(C)C)[Si](C)(C)C)cc1C([Si](C)(C)C)[Si](C)(C)C. The maximum Gasteiger partial charge on any atom is 0.0499 e. The molecule has 0 spiro atoms. The van der Waals surface area contributed by atoms with Crippen molar-refractivity contribution in [2.45, 2.75) is 324 Å². The fourth-order valence-electron chi connectivity index (χ4n) is 23.0. The third-order valence-corrected chi connectivity index (χ3v) is 105. The fraction of sp³-hybridized carbons (Fsp3) is 0.821. The number of hydrogen-bond acceptors (Lipinski definition) is 0. The van der Waals surface area contributed by atoms with Gasteiger partial charge in [0.05, 0.1) is 0 Å². The van der Waals surface area contributed by atoms with Gasteiger partial charge in [0.1, 0.15) is 0 Å².